The number of hydrogen-bond donors (Lipinski definition) is 1. The van der Waals surface area contributed by atoms with Gasteiger partial charge in [-0.1, -0.05) is 39.8 Å². The molecule has 1 aliphatic carbocycles. The standard InChI is InChI=1S/C25H36FN3O/c1-16(2)9-10-29-15-19-12-25(22(11-17(3)4)23(29)21(19)14-28-25)24(30)27-13-18-5-7-20(26)8-6-18/h5-8,14,16-17,19,21-23H,9-13,15H2,1-4H3,(H,27,30). The minimum absolute atomic E-state index is 0.0487. The highest BCUT2D eigenvalue weighted by Crippen LogP contribution is 2.54. The molecule has 5 unspecified atom stereocenters. The molecule has 4 aliphatic rings. The topological polar surface area (TPSA) is 44.7 Å². The van der Waals surface area contributed by atoms with Crippen LogP contribution in [0.5, 0.6) is 0 Å². The largest absolute Gasteiger partial charge is 0.350 e. The van der Waals surface area contributed by atoms with Gasteiger partial charge in [0.1, 0.15) is 11.4 Å². The van der Waals surface area contributed by atoms with Crippen molar-refractivity contribution < 1.29 is 9.18 Å². The molecule has 1 saturated carbocycles. The first kappa shape index (κ1) is 21.5. The molecule has 4 bridgehead atoms. The van der Waals surface area contributed by atoms with Crippen LogP contribution in [0, 0.1) is 35.4 Å². The van der Waals surface area contributed by atoms with Crippen molar-refractivity contribution in [1.82, 2.24) is 10.2 Å². The Morgan fingerprint density at radius 1 is 1.23 bits per heavy atom. The van der Waals surface area contributed by atoms with Gasteiger partial charge in [0.05, 0.1) is 0 Å². The van der Waals surface area contributed by atoms with Gasteiger partial charge in [-0.2, -0.15) is 0 Å². The Balaban J connectivity index is 1.56. The lowest BCUT2D eigenvalue weighted by Gasteiger charge is -2.51. The van der Waals surface area contributed by atoms with Gasteiger partial charge in [0, 0.05) is 37.2 Å². The van der Waals surface area contributed by atoms with Gasteiger partial charge in [0.2, 0.25) is 5.91 Å². The van der Waals surface area contributed by atoms with E-state index in [1.807, 2.05) is 0 Å². The quantitative estimate of drug-likeness (QED) is 0.691. The van der Waals surface area contributed by atoms with Crippen LogP contribution in [0.2, 0.25) is 0 Å². The van der Waals surface area contributed by atoms with Crippen LogP contribution in [0.3, 0.4) is 0 Å². The Kier molecular flexibility index (Phi) is 6.02. The molecule has 3 heterocycles. The molecule has 30 heavy (non-hydrogen) atoms. The molecular formula is C25H36FN3O. The molecule has 2 fully saturated rings. The minimum Gasteiger partial charge on any atom is -0.350 e. The summed E-state index contributed by atoms with van der Waals surface area (Å²) in [6, 6.07) is 6.78. The van der Waals surface area contributed by atoms with Crippen LogP contribution in [0.15, 0.2) is 29.3 Å². The summed E-state index contributed by atoms with van der Waals surface area (Å²) >= 11 is 0. The van der Waals surface area contributed by atoms with E-state index in [1.54, 1.807) is 12.1 Å². The molecule has 5 rings (SSSR count). The van der Waals surface area contributed by atoms with Gasteiger partial charge in [-0.15, -0.1) is 0 Å². The van der Waals surface area contributed by atoms with Crippen molar-refractivity contribution in [2.45, 2.75) is 65.1 Å². The van der Waals surface area contributed by atoms with Crippen LogP contribution in [-0.4, -0.2) is 41.7 Å². The minimum atomic E-state index is -0.652. The molecule has 1 N–H and O–H groups in total. The maximum absolute atomic E-state index is 13.6. The lowest BCUT2D eigenvalue weighted by molar-refractivity contribution is -0.132. The molecule has 0 aromatic heterocycles. The van der Waals surface area contributed by atoms with Crippen LogP contribution in [0.1, 0.15) is 52.5 Å². The molecule has 1 aromatic carbocycles. The van der Waals surface area contributed by atoms with E-state index in [9.17, 15) is 9.18 Å². The van der Waals surface area contributed by atoms with Gasteiger partial charge in [0.15, 0.2) is 0 Å². The van der Waals surface area contributed by atoms with Gasteiger partial charge in [-0.05, 0) is 61.3 Å². The third-order valence-electron chi connectivity index (χ3n) is 7.38. The number of hydrogen-bond acceptors (Lipinski definition) is 3. The molecule has 1 saturated heterocycles. The summed E-state index contributed by atoms with van der Waals surface area (Å²) in [4.78, 5) is 21.2. The van der Waals surface area contributed by atoms with Crippen LogP contribution in [-0.2, 0) is 11.3 Å². The molecule has 3 aliphatic heterocycles. The van der Waals surface area contributed by atoms with Crippen LogP contribution < -0.4 is 5.32 Å². The third kappa shape index (κ3) is 3.93. The Morgan fingerprint density at radius 2 is 1.97 bits per heavy atom. The summed E-state index contributed by atoms with van der Waals surface area (Å²) in [6.07, 6.45) is 5.19. The summed E-state index contributed by atoms with van der Waals surface area (Å²) < 4.78 is 13.2. The lowest BCUT2D eigenvalue weighted by atomic mass is 9.59. The fourth-order valence-corrected chi connectivity index (χ4v) is 5.97. The van der Waals surface area contributed by atoms with Crippen LogP contribution in [0.25, 0.3) is 0 Å². The summed E-state index contributed by atoms with van der Waals surface area (Å²) in [7, 11) is 0. The lowest BCUT2D eigenvalue weighted by Crippen LogP contribution is -2.63. The third-order valence-corrected chi connectivity index (χ3v) is 7.38. The van der Waals surface area contributed by atoms with Gasteiger partial charge < -0.3 is 5.32 Å². The predicted molar refractivity (Wildman–Crippen MR) is 119 cm³/mol. The van der Waals surface area contributed by atoms with Gasteiger partial charge in [0.25, 0.3) is 0 Å². The highest BCUT2D eigenvalue weighted by Gasteiger charge is 2.63. The number of nitrogens with one attached hydrogen (secondary N) is 1. The molecule has 0 radical (unpaired) electrons. The SMILES string of the molecule is CC(C)CCN1CC2CC3(C(=O)NCc4ccc(F)cc4)N=CC2C1C3CC(C)C. The molecule has 1 aromatic rings. The maximum Gasteiger partial charge on any atom is 0.248 e. The Labute approximate surface area is 180 Å². The smallest absolute Gasteiger partial charge is 0.248 e. The Morgan fingerprint density at radius 3 is 2.63 bits per heavy atom. The monoisotopic (exact) mass is 413 g/mol. The van der Waals surface area contributed by atoms with Crippen LogP contribution >= 0.6 is 0 Å². The number of likely N-dealkylation sites (tertiary alicyclic amines) is 1. The van der Waals surface area contributed by atoms with Crippen molar-refractivity contribution >= 4 is 12.1 Å². The van der Waals surface area contributed by atoms with Gasteiger partial charge in [-0.25, -0.2) is 4.39 Å². The number of halogens is 1. The predicted octanol–water partition coefficient (Wildman–Crippen LogP) is 4.29. The van der Waals surface area contributed by atoms with E-state index in [0.717, 1.165) is 31.5 Å². The number of nitrogens with zero attached hydrogens (tertiary/aromatic N) is 2. The molecule has 1 amide bonds. The first-order valence-electron chi connectivity index (χ1n) is 11.6. The van der Waals surface area contributed by atoms with Crippen LogP contribution in [0.4, 0.5) is 4.39 Å². The highest BCUT2D eigenvalue weighted by atomic mass is 19.1. The number of benzene rings is 1. The van der Waals surface area contributed by atoms with E-state index >= 15 is 0 Å². The van der Waals surface area contributed by atoms with Crippen molar-refractivity contribution in [3.05, 3.63) is 35.6 Å². The summed E-state index contributed by atoms with van der Waals surface area (Å²) in [5.41, 5.74) is 0.262. The number of carbonyl (C=O) groups excluding carboxylic acids is 1. The number of carbonyl (C=O) groups is 1. The van der Waals surface area contributed by atoms with Crippen molar-refractivity contribution in [3.8, 4) is 0 Å². The van der Waals surface area contributed by atoms with E-state index < -0.39 is 5.54 Å². The zero-order valence-corrected chi connectivity index (χ0v) is 18.8. The van der Waals surface area contributed by atoms with Crippen molar-refractivity contribution in [3.63, 3.8) is 0 Å². The molecule has 0 spiro atoms. The fourth-order valence-electron chi connectivity index (χ4n) is 5.97. The zero-order chi connectivity index (χ0) is 21.5. The van der Waals surface area contributed by atoms with E-state index in [0.29, 0.717) is 36.3 Å². The Hall–Kier alpha value is -1.75. The van der Waals surface area contributed by atoms with E-state index in [4.69, 9.17) is 4.99 Å². The van der Waals surface area contributed by atoms with Crippen molar-refractivity contribution in [2.75, 3.05) is 13.1 Å². The second-order valence-electron chi connectivity index (χ2n) is 10.5. The van der Waals surface area contributed by atoms with Gasteiger partial charge >= 0.3 is 0 Å². The van der Waals surface area contributed by atoms with E-state index in [-0.39, 0.29) is 17.6 Å². The summed E-state index contributed by atoms with van der Waals surface area (Å²) in [5, 5.41) is 3.15. The molecular weight excluding hydrogens is 377 g/mol. The number of aliphatic imine (C=N–C) groups is 1. The second kappa shape index (κ2) is 8.41. The average Bonchev–Trinajstić information content (AvgIpc) is 3.01. The van der Waals surface area contributed by atoms with Crippen molar-refractivity contribution in [2.24, 2.45) is 34.6 Å². The summed E-state index contributed by atoms with van der Waals surface area (Å²) in [6.45, 7) is 11.7. The van der Waals surface area contributed by atoms with Crippen molar-refractivity contribution in [1.29, 1.82) is 0 Å². The highest BCUT2D eigenvalue weighted by molar-refractivity contribution is 5.91. The van der Waals surface area contributed by atoms with E-state index in [2.05, 4.69) is 44.1 Å². The summed E-state index contributed by atoms with van der Waals surface area (Å²) in [5.74, 6) is 2.28. The molecule has 5 heteroatoms. The first-order chi connectivity index (χ1) is 14.3. The zero-order valence-electron chi connectivity index (χ0n) is 18.8. The Bertz CT molecular complexity index is 790. The van der Waals surface area contributed by atoms with Gasteiger partial charge in [-0.3, -0.25) is 14.7 Å². The maximum atomic E-state index is 13.6. The normalized spacial score (nSPS) is 32.4. The second-order valence-corrected chi connectivity index (χ2v) is 10.5. The molecule has 5 atom stereocenters. The number of amides is 1. The molecule has 4 nitrogen and oxygen atoms in total. The molecule has 164 valence electrons. The number of rotatable bonds is 8. The first-order valence-corrected chi connectivity index (χ1v) is 11.6. The van der Waals surface area contributed by atoms with E-state index in [1.165, 1.54) is 18.6 Å². The average molecular weight is 414 g/mol. The fraction of sp³-hybridized carbons (Fsp3) is 0.680.